The van der Waals surface area contributed by atoms with Crippen molar-refractivity contribution in [2.75, 3.05) is 14.2 Å². The van der Waals surface area contributed by atoms with Gasteiger partial charge in [0.15, 0.2) is 0 Å². The number of nitrogens with one attached hydrogen (secondary N) is 1. The van der Waals surface area contributed by atoms with Crippen molar-refractivity contribution in [3.8, 4) is 5.75 Å². The Bertz CT molecular complexity index is 855. The second-order valence-corrected chi connectivity index (χ2v) is 7.59. The SMILES string of the molecule is COc1ccccc1C(=O)N[C@H](C(=O)N(C)Cc1cccc(Cl)c1Cl)C(C)C. The second-order valence-electron chi connectivity index (χ2n) is 6.80. The number of ether oxygens (including phenoxy) is 1. The normalized spacial score (nSPS) is 11.8. The fraction of sp³-hybridized carbons (Fsp3) is 0.333. The fourth-order valence-electron chi connectivity index (χ4n) is 2.81. The fourth-order valence-corrected chi connectivity index (χ4v) is 3.19. The summed E-state index contributed by atoms with van der Waals surface area (Å²) in [6, 6.07) is 11.5. The van der Waals surface area contributed by atoms with Crippen LogP contribution in [-0.4, -0.2) is 36.9 Å². The molecule has 2 aromatic rings. The number of carbonyl (C=O) groups excluding carboxylic acids is 2. The van der Waals surface area contributed by atoms with Crippen LogP contribution in [-0.2, 0) is 11.3 Å². The molecule has 0 aliphatic rings. The van der Waals surface area contributed by atoms with Gasteiger partial charge in [-0.15, -0.1) is 0 Å². The number of rotatable bonds is 7. The molecule has 2 amide bonds. The van der Waals surface area contributed by atoms with E-state index in [1.807, 2.05) is 19.9 Å². The molecule has 5 nitrogen and oxygen atoms in total. The van der Waals surface area contributed by atoms with Gasteiger partial charge in [0, 0.05) is 13.6 Å². The van der Waals surface area contributed by atoms with Crippen LogP contribution < -0.4 is 10.1 Å². The lowest BCUT2D eigenvalue weighted by Gasteiger charge is -2.27. The third-order valence-corrected chi connectivity index (χ3v) is 5.24. The molecule has 1 N–H and O–H groups in total. The number of benzene rings is 2. The topological polar surface area (TPSA) is 58.6 Å². The maximum atomic E-state index is 13.0. The zero-order valence-corrected chi connectivity index (χ0v) is 17.8. The first-order valence-electron chi connectivity index (χ1n) is 8.88. The summed E-state index contributed by atoms with van der Waals surface area (Å²) >= 11 is 12.3. The summed E-state index contributed by atoms with van der Waals surface area (Å²) in [6.07, 6.45) is 0. The Morgan fingerprint density at radius 1 is 1.11 bits per heavy atom. The summed E-state index contributed by atoms with van der Waals surface area (Å²) in [7, 11) is 3.17. The van der Waals surface area contributed by atoms with Crippen LogP contribution in [0.1, 0.15) is 29.8 Å². The van der Waals surface area contributed by atoms with Gasteiger partial charge < -0.3 is 15.0 Å². The maximum absolute atomic E-state index is 13.0. The average molecular weight is 423 g/mol. The highest BCUT2D eigenvalue weighted by Crippen LogP contribution is 2.26. The first-order chi connectivity index (χ1) is 13.3. The van der Waals surface area contributed by atoms with Crippen molar-refractivity contribution in [3.05, 3.63) is 63.6 Å². The molecule has 0 fully saturated rings. The van der Waals surface area contributed by atoms with Gasteiger partial charge in [-0.1, -0.05) is 61.3 Å². The number of methoxy groups -OCH3 is 1. The molecule has 0 heterocycles. The van der Waals surface area contributed by atoms with Crippen molar-refractivity contribution in [3.63, 3.8) is 0 Å². The third-order valence-electron chi connectivity index (χ3n) is 4.39. The van der Waals surface area contributed by atoms with E-state index < -0.39 is 6.04 Å². The van der Waals surface area contributed by atoms with Crippen LogP contribution in [0.2, 0.25) is 10.0 Å². The standard InChI is InChI=1S/C21H24Cl2N2O3/c1-13(2)19(24-20(26)15-9-5-6-11-17(15)28-4)21(27)25(3)12-14-8-7-10-16(22)18(14)23/h5-11,13,19H,12H2,1-4H3,(H,24,26)/t19-/m0/s1. The molecular formula is C21H24Cl2N2O3. The largest absolute Gasteiger partial charge is 0.496 e. The summed E-state index contributed by atoms with van der Waals surface area (Å²) in [4.78, 5) is 27.3. The highest BCUT2D eigenvalue weighted by atomic mass is 35.5. The molecule has 0 saturated carbocycles. The number of carbonyl (C=O) groups is 2. The van der Waals surface area contributed by atoms with Crippen LogP contribution in [0.3, 0.4) is 0 Å². The Morgan fingerprint density at radius 2 is 1.79 bits per heavy atom. The van der Waals surface area contributed by atoms with E-state index in [4.69, 9.17) is 27.9 Å². The second kappa shape index (κ2) is 9.80. The lowest BCUT2D eigenvalue weighted by Crippen LogP contribution is -2.50. The Hall–Kier alpha value is -2.24. The van der Waals surface area contributed by atoms with Crippen LogP contribution in [0.25, 0.3) is 0 Å². The number of para-hydroxylation sites is 1. The van der Waals surface area contributed by atoms with Gasteiger partial charge in [-0.05, 0) is 29.7 Å². The molecule has 0 radical (unpaired) electrons. The van der Waals surface area contributed by atoms with E-state index in [0.29, 0.717) is 21.4 Å². The van der Waals surface area contributed by atoms with Gasteiger partial charge in [-0.3, -0.25) is 9.59 Å². The van der Waals surface area contributed by atoms with E-state index >= 15 is 0 Å². The van der Waals surface area contributed by atoms with E-state index in [1.54, 1.807) is 43.4 Å². The quantitative estimate of drug-likeness (QED) is 0.718. The number of likely N-dealkylation sites (N-methyl/N-ethyl adjacent to an activating group) is 1. The first kappa shape index (κ1) is 22.1. The smallest absolute Gasteiger partial charge is 0.255 e. The van der Waals surface area contributed by atoms with Gasteiger partial charge in [-0.2, -0.15) is 0 Å². The number of hydrogen-bond donors (Lipinski definition) is 1. The summed E-state index contributed by atoms with van der Waals surface area (Å²) in [5, 5.41) is 3.69. The summed E-state index contributed by atoms with van der Waals surface area (Å²) in [5.74, 6) is -0.231. The lowest BCUT2D eigenvalue weighted by molar-refractivity contribution is -0.133. The van der Waals surface area contributed by atoms with Gasteiger partial charge in [0.2, 0.25) is 5.91 Å². The van der Waals surface area contributed by atoms with Crippen molar-refractivity contribution >= 4 is 35.0 Å². The van der Waals surface area contributed by atoms with Crippen molar-refractivity contribution < 1.29 is 14.3 Å². The van der Waals surface area contributed by atoms with Gasteiger partial charge in [-0.25, -0.2) is 0 Å². The third kappa shape index (κ3) is 5.18. The van der Waals surface area contributed by atoms with E-state index in [0.717, 1.165) is 5.56 Å². The van der Waals surface area contributed by atoms with Crippen molar-refractivity contribution in [2.45, 2.75) is 26.4 Å². The van der Waals surface area contributed by atoms with Gasteiger partial charge in [0.05, 0.1) is 22.7 Å². The van der Waals surface area contributed by atoms with Crippen LogP contribution in [0.4, 0.5) is 0 Å². The molecule has 1 atom stereocenters. The van der Waals surface area contributed by atoms with Gasteiger partial charge >= 0.3 is 0 Å². The predicted octanol–water partition coefficient (Wildman–Crippen LogP) is 4.42. The molecular weight excluding hydrogens is 399 g/mol. The van der Waals surface area contributed by atoms with Gasteiger partial charge in [0.1, 0.15) is 11.8 Å². The Kier molecular flexibility index (Phi) is 7.72. The molecule has 2 rings (SSSR count). The van der Waals surface area contributed by atoms with Crippen LogP contribution in [0.5, 0.6) is 5.75 Å². The Balaban J connectivity index is 2.17. The molecule has 0 saturated heterocycles. The van der Waals surface area contributed by atoms with E-state index in [-0.39, 0.29) is 24.3 Å². The predicted molar refractivity (Wildman–Crippen MR) is 112 cm³/mol. The lowest BCUT2D eigenvalue weighted by atomic mass is 10.0. The highest BCUT2D eigenvalue weighted by Gasteiger charge is 2.28. The Morgan fingerprint density at radius 3 is 2.43 bits per heavy atom. The molecule has 28 heavy (non-hydrogen) atoms. The highest BCUT2D eigenvalue weighted by molar-refractivity contribution is 6.42. The van der Waals surface area contributed by atoms with E-state index in [1.165, 1.54) is 12.0 Å². The van der Waals surface area contributed by atoms with E-state index in [2.05, 4.69) is 5.32 Å². The van der Waals surface area contributed by atoms with Crippen molar-refractivity contribution in [1.29, 1.82) is 0 Å². The molecule has 0 spiro atoms. The van der Waals surface area contributed by atoms with E-state index in [9.17, 15) is 9.59 Å². The van der Waals surface area contributed by atoms with Gasteiger partial charge in [0.25, 0.3) is 5.91 Å². The van der Waals surface area contributed by atoms with Crippen molar-refractivity contribution in [1.82, 2.24) is 10.2 Å². The van der Waals surface area contributed by atoms with Crippen molar-refractivity contribution in [2.24, 2.45) is 5.92 Å². The summed E-state index contributed by atoms with van der Waals surface area (Å²) < 4.78 is 5.24. The molecule has 0 bridgehead atoms. The minimum atomic E-state index is -0.694. The molecule has 0 aliphatic heterocycles. The number of amides is 2. The molecule has 0 unspecified atom stereocenters. The first-order valence-corrected chi connectivity index (χ1v) is 9.63. The summed E-state index contributed by atoms with van der Waals surface area (Å²) in [5.41, 5.74) is 1.12. The number of nitrogens with zero attached hydrogens (tertiary/aromatic N) is 1. The van der Waals surface area contributed by atoms with Crippen LogP contribution in [0, 0.1) is 5.92 Å². The minimum Gasteiger partial charge on any atom is -0.496 e. The molecule has 150 valence electrons. The number of halogens is 2. The molecule has 0 aliphatic carbocycles. The summed E-state index contributed by atoms with van der Waals surface area (Å²) in [6.45, 7) is 4.04. The monoisotopic (exact) mass is 422 g/mol. The zero-order chi connectivity index (χ0) is 20.8. The zero-order valence-electron chi connectivity index (χ0n) is 16.3. The molecule has 0 aromatic heterocycles. The minimum absolute atomic E-state index is 0.108. The molecule has 2 aromatic carbocycles. The van der Waals surface area contributed by atoms with Crippen LogP contribution >= 0.6 is 23.2 Å². The number of hydrogen-bond acceptors (Lipinski definition) is 3. The average Bonchev–Trinajstić information content (AvgIpc) is 2.68. The van der Waals surface area contributed by atoms with Crippen LogP contribution in [0.15, 0.2) is 42.5 Å². The molecule has 7 heteroatoms. The Labute approximate surface area is 175 Å². The maximum Gasteiger partial charge on any atom is 0.255 e.